The zero-order chi connectivity index (χ0) is 22.1. The lowest BCUT2D eigenvalue weighted by molar-refractivity contribution is 0.243. The minimum Gasteiger partial charge on any atom is -0.453 e. The van der Waals surface area contributed by atoms with E-state index < -0.39 is 11.5 Å². The highest BCUT2D eigenvalue weighted by Gasteiger charge is 2.30. The van der Waals surface area contributed by atoms with E-state index in [9.17, 15) is 0 Å². The quantitative estimate of drug-likeness (QED) is 0.490. The minimum absolute atomic E-state index is 0.0921. The van der Waals surface area contributed by atoms with E-state index in [1.807, 2.05) is 12.1 Å². The number of nitrogens with one attached hydrogen (secondary N) is 2. The van der Waals surface area contributed by atoms with Crippen LogP contribution in [-0.2, 0) is 5.66 Å². The number of aromatic nitrogens is 2. The summed E-state index contributed by atoms with van der Waals surface area (Å²) in [6.45, 7) is 2.78. The van der Waals surface area contributed by atoms with Crippen LogP contribution in [0.15, 0.2) is 59.5 Å². The third-order valence-corrected chi connectivity index (χ3v) is 5.87. The highest BCUT2D eigenvalue weighted by molar-refractivity contribution is 5.83. The summed E-state index contributed by atoms with van der Waals surface area (Å²) in [4.78, 5) is 13.9. The fourth-order valence-corrected chi connectivity index (χ4v) is 4.29. The third kappa shape index (κ3) is 4.04. The molecule has 9 heteroatoms. The normalized spacial score (nSPS) is 21.7. The van der Waals surface area contributed by atoms with Crippen LogP contribution in [-0.4, -0.2) is 40.5 Å². The number of rotatable bonds is 5. The molecule has 0 bridgehead atoms. The number of halogens is 1. The van der Waals surface area contributed by atoms with Crippen LogP contribution < -0.4 is 21.5 Å². The van der Waals surface area contributed by atoms with Gasteiger partial charge >= 0.3 is 0 Å². The molecule has 0 spiro atoms. The van der Waals surface area contributed by atoms with Crippen molar-refractivity contribution in [2.24, 2.45) is 16.5 Å². The Hall–Kier alpha value is -3.43. The fraction of sp³-hybridized carbons (Fsp3) is 0.304. The van der Waals surface area contributed by atoms with E-state index in [0.29, 0.717) is 23.5 Å². The van der Waals surface area contributed by atoms with Crippen LogP contribution in [0, 0.1) is 5.82 Å². The van der Waals surface area contributed by atoms with E-state index in [0.717, 1.165) is 24.2 Å². The highest BCUT2D eigenvalue weighted by atomic mass is 19.1. The number of aromatic amines is 1. The number of ether oxygens (including phenoxy) is 1. The Labute approximate surface area is 185 Å². The summed E-state index contributed by atoms with van der Waals surface area (Å²) >= 11 is 0. The molecule has 166 valence electrons. The fourth-order valence-electron chi connectivity index (χ4n) is 4.29. The van der Waals surface area contributed by atoms with Crippen LogP contribution in [0.2, 0.25) is 0 Å². The van der Waals surface area contributed by atoms with Crippen molar-refractivity contribution in [1.29, 1.82) is 0 Å². The van der Waals surface area contributed by atoms with Gasteiger partial charge in [0.05, 0.1) is 5.39 Å². The Kier molecular flexibility index (Phi) is 5.28. The summed E-state index contributed by atoms with van der Waals surface area (Å²) in [5.74, 6) is 0.285. The molecule has 1 unspecified atom stereocenters. The molecular weight excluding hydrogens is 409 g/mol. The summed E-state index contributed by atoms with van der Waals surface area (Å²) in [5, 5.41) is 3.87. The SMILES string of the molecule is NC1=NC(N)(c2ccc(Oc3ccnc4[nH]ccc34)c(F)c2)C=C(CN2CCCCC2)N1. The van der Waals surface area contributed by atoms with E-state index in [2.05, 4.69) is 25.2 Å². The molecule has 1 aromatic carbocycles. The van der Waals surface area contributed by atoms with E-state index >= 15 is 4.39 Å². The lowest BCUT2D eigenvalue weighted by atomic mass is 9.97. The van der Waals surface area contributed by atoms with Crippen molar-refractivity contribution in [2.45, 2.75) is 24.9 Å². The molecule has 4 heterocycles. The summed E-state index contributed by atoms with van der Waals surface area (Å²) in [7, 11) is 0. The van der Waals surface area contributed by atoms with E-state index in [1.165, 1.54) is 25.3 Å². The number of benzene rings is 1. The lowest BCUT2D eigenvalue weighted by Gasteiger charge is -2.32. The summed E-state index contributed by atoms with van der Waals surface area (Å²) in [6, 6.07) is 8.15. The van der Waals surface area contributed by atoms with Gasteiger partial charge in [0, 0.05) is 30.2 Å². The minimum atomic E-state index is -1.26. The van der Waals surface area contributed by atoms with Gasteiger partial charge in [-0.3, -0.25) is 10.6 Å². The Morgan fingerprint density at radius 1 is 1.12 bits per heavy atom. The van der Waals surface area contributed by atoms with Crippen LogP contribution in [0.25, 0.3) is 11.0 Å². The zero-order valence-electron chi connectivity index (χ0n) is 17.6. The van der Waals surface area contributed by atoms with E-state index in [-0.39, 0.29) is 11.7 Å². The molecule has 1 saturated heterocycles. The Bertz CT molecular complexity index is 1200. The van der Waals surface area contributed by atoms with Crippen molar-refractivity contribution >= 4 is 17.0 Å². The lowest BCUT2D eigenvalue weighted by Crippen LogP contribution is -2.47. The Morgan fingerprint density at radius 3 is 2.78 bits per heavy atom. The van der Waals surface area contributed by atoms with Gasteiger partial charge in [0.2, 0.25) is 0 Å². The van der Waals surface area contributed by atoms with Crippen LogP contribution >= 0.6 is 0 Å². The molecule has 32 heavy (non-hydrogen) atoms. The average molecular weight is 436 g/mol. The molecule has 2 aliphatic rings. The van der Waals surface area contributed by atoms with Crippen LogP contribution in [0.3, 0.4) is 0 Å². The standard InChI is InChI=1S/C23H26FN7O/c24-18-12-15(4-5-20(18)32-19-7-9-28-21-17(19)6-8-27-21)23(26)13-16(29-22(25)30-23)14-31-10-2-1-3-11-31/h4-9,12-13H,1-3,10-11,14,26H2,(H,27,28)(H3,25,29,30). The van der Waals surface area contributed by atoms with Crippen molar-refractivity contribution in [1.82, 2.24) is 20.2 Å². The number of fused-ring (bicyclic) bond motifs is 1. The van der Waals surface area contributed by atoms with Gasteiger partial charge in [0.1, 0.15) is 11.4 Å². The average Bonchev–Trinajstić information content (AvgIpc) is 3.25. The number of pyridine rings is 1. The van der Waals surface area contributed by atoms with Crippen LogP contribution in [0.4, 0.5) is 4.39 Å². The van der Waals surface area contributed by atoms with Gasteiger partial charge in [-0.15, -0.1) is 0 Å². The topological polar surface area (TPSA) is 118 Å². The van der Waals surface area contributed by atoms with Gasteiger partial charge in [0.25, 0.3) is 0 Å². The molecule has 0 saturated carbocycles. The van der Waals surface area contributed by atoms with E-state index in [4.69, 9.17) is 16.2 Å². The molecule has 1 atom stereocenters. The molecule has 2 aromatic heterocycles. The van der Waals surface area contributed by atoms with Crippen molar-refractivity contribution in [3.8, 4) is 11.5 Å². The number of hydrogen-bond acceptors (Lipinski definition) is 7. The predicted octanol–water partition coefficient (Wildman–Crippen LogP) is 2.89. The number of H-pyrrole nitrogens is 1. The number of aliphatic imine (C=N–C) groups is 1. The molecule has 2 aliphatic heterocycles. The smallest absolute Gasteiger partial charge is 0.195 e. The number of nitrogens with two attached hydrogens (primary N) is 2. The van der Waals surface area contributed by atoms with E-state index in [1.54, 1.807) is 30.6 Å². The molecule has 1 fully saturated rings. The largest absolute Gasteiger partial charge is 0.453 e. The Balaban J connectivity index is 1.40. The first kappa shape index (κ1) is 20.5. The summed E-state index contributed by atoms with van der Waals surface area (Å²) < 4.78 is 20.9. The van der Waals surface area contributed by atoms with Crippen molar-refractivity contribution in [3.63, 3.8) is 0 Å². The number of hydrogen-bond donors (Lipinski definition) is 4. The summed E-state index contributed by atoms with van der Waals surface area (Å²) in [5.41, 5.74) is 13.4. The molecule has 8 nitrogen and oxygen atoms in total. The first-order valence-electron chi connectivity index (χ1n) is 10.8. The van der Waals surface area contributed by atoms with Gasteiger partial charge in [-0.25, -0.2) is 14.4 Å². The second-order valence-corrected chi connectivity index (χ2v) is 8.25. The molecule has 6 N–H and O–H groups in total. The number of guanidine groups is 1. The maximum Gasteiger partial charge on any atom is 0.195 e. The number of nitrogens with zero attached hydrogens (tertiary/aromatic N) is 3. The van der Waals surface area contributed by atoms with Crippen LogP contribution in [0.5, 0.6) is 11.5 Å². The molecule has 3 aromatic rings. The van der Waals surface area contributed by atoms with Gasteiger partial charge in [0.15, 0.2) is 23.2 Å². The van der Waals surface area contributed by atoms with Crippen molar-refractivity contribution in [3.05, 3.63) is 65.9 Å². The van der Waals surface area contributed by atoms with Gasteiger partial charge < -0.3 is 20.8 Å². The summed E-state index contributed by atoms with van der Waals surface area (Å²) in [6.07, 6.45) is 8.81. The first-order chi connectivity index (χ1) is 15.5. The van der Waals surface area contributed by atoms with Crippen molar-refractivity contribution in [2.75, 3.05) is 19.6 Å². The molecule has 5 rings (SSSR count). The number of likely N-dealkylation sites (tertiary alicyclic amines) is 1. The second kappa shape index (κ2) is 8.25. The van der Waals surface area contributed by atoms with Gasteiger partial charge in [-0.1, -0.05) is 12.5 Å². The monoisotopic (exact) mass is 435 g/mol. The zero-order valence-corrected chi connectivity index (χ0v) is 17.6. The molecule has 0 radical (unpaired) electrons. The molecule has 0 aliphatic carbocycles. The maximum absolute atomic E-state index is 15.0. The van der Waals surface area contributed by atoms with Gasteiger partial charge in [-0.05, 0) is 56.3 Å². The second-order valence-electron chi connectivity index (χ2n) is 8.25. The highest BCUT2D eigenvalue weighted by Crippen LogP contribution is 2.33. The molecule has 0 amide bonds. The Morgan fingerprint density at radius 2 is 1.97 bits per heavy atom. The predicted molar refractivity (Wildman–Crippen MR) is 122 cm³/mol. The van der Waals surface area contributed by atoms with Gasteiger partial charge in [-0.2, -0.15) is 0 Å². The maximum atomic E-state index is 15.0. The molecular formula is C23H26FN7O. The third-order valence-electron chi connectivity index (χ3n) is 5.87. The van der Waals surface area contributed by atoms with Crippen LogP contribution in [0.1, 0.15) is 24.8 Å². The number of piperidine rings is 1. The van der Waals surface area contributed by atoms with Crippen molar-refractivity contribution < 1.29 is 9.13 Å². The first-order valence-corrected chi connectivity index (χ1v) is 10.8.